The maximum atomic E-state index is 11.9. The van der Waals surface area contributed by atoms with Gasteiger partial charge in [-0.15, -0.1) is 0 Å². The summed E-state index contributed by atoms with van der Waals surface area (Å²) >= 11 is 5.39. The number of esters is 1. The molecule has 0 saturated carbocycles. The van der Waals surface area contributed by atoms with Crippen molar-refractivity contribution in [3.8, 4) is 0 Å². The number of fused-ring (bicyclic) bond motifs is 1. The standard InChI is InChI=1S/C18H30N7O4PS/c1-9(2)28-17(26)11(4)24-30(31)27-7-12-10(3)6-13(29-12)25-8-21-14-15(20-5)22-18(19)23-16(14)25/h8-13,30H,6-7H2,1-5H3,(H,24,31)(H3,19,20,22,23)/t10?,11-,12-,13-/m1/s1. The molecule has 0 amide bonds. The lowest BCUT2D eigenvalue weighted by Crippen LogP contribution is -2.33. The third kappa shape index (κ3) is 5.69. The molecule has 0 aliphatic carbocycles. The highest BCUT2D eigenvalue weighted by molar-refractivity contribution is 8.02. The van der Waals surface area contributed by atoms with Crippen LogP contribution in [-0.2, 0) is 30.6 Å². The smallest absolute Gasteiger partial charge is 0.323 e. The molecule has 1 fully saturated rings. The van der Waals surface area contributed by atoms with Gasteiger partial charge in [-0.1, -0.05) is 18.7 Å². The Kier molecular flexibility index (Phi) is 7.82. The molecule has 2 unspecified atom stereocenters. The number of carbonyl (C=O) groups excluding carboxylic acids is 1. The van der Waals surface area contributed by atoms with Gasteiger partial charge in [0, 0.05) is 7.05 Å². The lowest BCUT2D eigenvalue weighted by molar-refractivity contribution is -0.148. The van der Waals surface area contributed by atoms with Crippen LogP contribution in [0.3, 0.4) is 0 Å². The largest absolute Gasteiger partial charge is 0.462 e. The van der Waals surface area contributed by atoms with Crippen molar-refractivity contribution >= 4 is 47.8 Å². The Morgan fingerprint density at radius 1 is 1.45 bits per heavy atom. The van der Waals surface area contributed by atoms with E-state index in [-0.39, 0.29) is 36.3 Å². The number of nitrogens with zero attached hydrogens (tertiary/aromatic N) is 4. The van der Waals surface area contributed by atoms with Crippen molar-refractivity contribution in [3.05, 3.63) is 6.33 Å². The molecule has 2 aromatic rings. The topological polar surface area (TPSA) is 138 Å². The van der Waals surface area contributed by atoms with E-state index in [1.807, 2.05) is 4.57 Å². The van der Waals surface area contributed by atoms with Crippen LogP contribution in [-0.4, -0.2) is 57.4 Å². The molecule has 1 saturated heterocycles. The van der Waals surface area contributed by atoms with Gasteiger partial charge < -0.3 is 25.0 Å². The predicted octanol–water partition coefficient (Wildman–Crippen LogP) is 1.83. The van der Waals surface area contributed by atoms with Crippen LogP contribution in [0.15, 0.2) is 6.33 Å². The lowest BCUT2D eigenvalue weighted by atomic mass is 10.0. The molecule has 5 atom stereocenters. The summed E-state index contributed by atoms with van der Waals surface area (Å²) in [6, 6.07) is -0.521. The first kappa shape index (κ1) is 23.8. The zero-order valence-electron chi connectivity index (χ0n) is 18.3. The van der Waals surface area contributed by atoms with Gasteiger partial charge in [-0.3, -0.25) is 14.4 Å². The van der Waals surface area contributed by atoms with Crippen molar-refractivity contribution in [2.45, 2.75) is 58.6 Å². The number of hydrogen-bond donors (Lipinski definition) is 3. The van der Waals surface area contributed by atoms with E-state index < -0.39 is 13.1 Å². The van der Waals surface area contributed by atoms with Crippen LogP contribution in [0.1, 0.15) is 40.3 Å². The van der Waals surface area contributed by atoms with Crippen LogP contribution in [0.25, 0.3) is 11.2 Å². The van der Waals surface area contributed by atoms with Crippen LogP contribution in [0, 0.1) is 5.92 Å². The maximum Gasteiger partial charge on any atom is 0.323 e. The first-order valence-electron chi connectivity index (χ1n) is 10.2. The number of rotatable bonds is 9. The van der Waals surface area contributed by atoms with Gasteiger partial charge in [0.1, 0.15) is 19.3 Å². The van der Waals surface area contributed by atoms with Crippen LogP contribution in [0.2, 0.25) is 0 Å². The molecule has 0 radical (unpaired) electrons. The van der Waals surface area contributed by atoms with Crippen LogP contribution in [0.5, 0.6) is 0 Å². The Labute approximate surface area is 187 Å². The summed E-state index contributed by atoms with van der Waals surface area (Å²) in [4.78, 5) is 24.8. The van der Waals surface area contributed by atoms with Gasteiger partial charge >= 0.3 is 5.97 Å². The van der Waals surface area contributed by atoms with Gasteiger partial charge in [-0.25, -0.2) is 4.98 Å². The number of nitrogen functional groups attached to an aromatic ring is 1. The van der Waals surface area contributed by atoms with Gasteiger partial charge in [0.05, 0.1) is 25.1 Å². The maximum absolute atomic E-state index is 11.9. The van der Waals surface area contributed by atoms with E-state index in [2.05, 4.69) is 32.3 Å². The molecule has 0 bridgehead atoms. The molecule has 0 spiro atoms. The monoisotopic (exact) mass is 471 g/mol. The quantitative estimate of drug-likeness (QED) is 0.365. The number of aromatic nitrogens is 4. The third-order valence-electron chi connectivity index (χ3n) is 4.94. The van der Waals surface area contributed by atoms with E-state index in [0.29, 0.717) is 23.6 Å². The molecular formula is C18H30N7O4PS. The Bertz CT molecular complexity index is 956. The molecule has 3 rings (SSSR count). The molecule has 0 aromatic carbocycles. The molecule has 1 aliphatic heterocycles. The van der Waals surface area contributed by atoms with Crippen molar-refractivity contribution in [2.75, 3.05) is 24.7 Å². The second kappa shape index (κ2) is 10.2. The average Bonchev–Trinajstić information content (AvgIpc) is 3.28. The van der Waals surface area contributed by atoms with E-state index in [1.54, 1.807) is 34.1 Å². The van der Waals surface area contributed by atoms with E-state index in [0.717, 1.165) is 6.42 Å². The molecule has 1 aliphatic rings. The number of ether oxygens (including phenoxy) is 2. The van der Waals surface area contributed by atoms with Crippen molar-refractivity contribution in [2.24, 2.45) is 5.92 Å². The van der Waals surface area contributed by atoms with Gasteiger partial charge in [-0.2, -0.15) is 9.97 Å². The van der Waals surface area contributed by atoms with Crippen molar-refractivity contribution in [3.63, 3.8) is 0 Å². The summed E-state index contributed by atoms with van der Waals surface area (Å²) in [6.07, 6.45) is 1.88. The SMILES string of the molecule is CNc1nc(N)nc2c1ncn2[C@H]1CC(C)[C@@H](CO[PH](=S)N[C@H](C)C(=O)OC(C)C)O1. The molecule has 4 N–H and O–H groups in total. The summed E-state index contributed by atoms with van der Waals surface area (Å²) in [7, 11) is -0.0530. The lowest BCUT2D eigenvalue weighted by Gasteiger charge is -2.19. The number of anilines is 2. The summed E-state index contributed by atoms with van der Waals surface area (Å²) in [6.45, 7) is 7.76. The summed E-state index contributed by atoms with van der Waals surface area (Å²) in [5.41, 5.74) is 7.09. The Morgan fingerprint density at radius 3 is 2.87 bits per heavy atom. The normalized spacial score (nSPS) is 23.2. The highest BCUT2D eigenvalue weighted by Crippen LogP contribution is 2.36. The number of imidazole rings is 1. The van der Waals surface area contributed by atoms with Crippen LogP contribution >= 0.6 is 7.07 Å². The van der Waals surface area contributed by atoms with E-state index in [4.69, 9.17) is 31.5 Å². The Balaban J connectivity index is 1.59. The molecule has 13 heteroatoms. The summed E-state index contributed by atoms with van der Waals surface area (Å²) in [5.74, 6) is 0.630. The highest BCUT2D eigenvalue weighted by Gasteiger charge is 2.35. The van der Waals surface area contributed by atoms with E-state index in [9.17, 15) is 4.79 Å². The van der Waals surface area contributed by atoms with Gasteiger partial charge in [-0.05, 0) is 33.1 Å². The Morgan fingerprint density at radius 2 is 2.19 bits per heavy atom. The number of nitrogens with one attached hydrogen (secondary N) is 2. The molecule has 2 aromatic heterocycles. The summed E-state index contributed by atoms with van der Waals surface area (Å²) in [5, 5.41) is 6.00. The minimum Gasteiger partial charge on any atom is -0.462 e. The zero-order chi connectivity index (χ0) is 22.7. The van der Waals surface area contributed by atoms with Crippen molar-refractivity contribution in [1.82, 2.24) is 24.6 Å². The number of nitrogens with two attached hydrogens (primary N) is 1. The first-order valence-corrected chi connectivity index (χ1v) is 12.7. The zero-order valence-corrected chi connectivity index (χ0v) is 20.1. The first-order chi connectivity index (χ1) is 14.7. The average molecular weight is 472 g/mol. The number of hydrogen-bond acceptors (Lipinski definition) is 10. The minimum absolute atomic E-state index is 0.145. The second-order valence-corrected chi connectivity index (χ2v) is 10.1. The van der Waals surface area contributed by atoms with E-state index in [1.165, 1.54) is 0 Å². The van der Waals surface area contributed by atoms with E-state index >= 15 is 0 Å². The molecule has 31 heavy (non-hydrogen) atoms. The predicted molar refractivity (Wildman–Crippen MR) is 122 cm³/mol. The van der Waals surface area contributed by atoms with Gasteiger partial charge in [0.2, 0.25) is 5.95 Å². The van der Waals surface area contributed by atoms with Crippen molar-refractivity contribution in [1.29, 1.82) is 0 Å². The molecule has 3 heterocycles. The molecule has 172 valence electrons. The fourth-order valence-electron chi connectivity index (χ4n) is 3.33. The van der Waals surface area contributed by atoms with Crippen LogP contribution in [0.4, 0.5) is 11.8 Å². The highest BCUT2D eigenvalue weighted by atomic mass is 32.4. The third-order valence-corrected chi connectivity index (χ3v) is 6.75. The van der Waals surface area contributed by atoms with Crippen molar-refractivity contribution < 1.29 is 18.8 Å². The Hall–Kier alpha value is -1.85. The summed E-state index contributed by atoms with van der Waals surface area (Å²) < 4.78 is 19.1. The van der Waals surface area contributed by atoms with Crippen LogP contribution < -0.4 is 16.1 Å². The fraction of sp³-hybridized carbons (Fsp3) is 0.667. The minimum atomic E-state index is -1.81. The van der Waals surface area contributed by atoms with Gasteiger partial charge in [0.15, 0.2) is 17.0 Å². The second-order valence-electron chi connectivity index (χ2n) is 7.80. The fourth-order valence-corrected chi connectivity index (χ4v) is 4.94. The van der Waals surface area contributed by atoms with Gasteiger partial charge in [0.25, 0.3) is 0 Å². The molecule has 11 nitrogen and oxygen atoms in total. The molecular weight excluding hydrogens is 441 g/mol. The number of carbonyl (C=O) groups is 1.